The van der Waals surface area contributed by atoms with Crippen LogP contribution in [0.15, 0.2) is 0 Å². The van der Waals surface area contributed by atoms with Gasteiger partial charge >= 0.3 is 0 Å². The highest BCUT2D eigenvalue weighted by Crippen LogP contribution is 2.49. The Morgan fingerprint density at radius 1 is 1.55 bits per heavy atom. The van der Waals surface area contributed by atoms with Gasteiger partial charge in [0.2, 0.25) is 0 Å². The molecule has 0 radical (unpaired) electrons. The molecule has 0 amide bonds. The molecule has 1 N–H and O–H groups in total. The summed E-state index contributed by atoms with van der Waals surface area (Å²) in [6, 6.07) is 0.719. The zero-order chi connectivity index (χ0) is 7.47. The molecule has 3 saturated heterocycles. The fraction of sp³-hybridized carbons (Fsp3) is 1.00. The second-order valence-electron chi connectivity index (χ2n) is 3.98. The molecule has 0 saturated carbocycles. The van der Waals surface area contributed by atoms with Gasteiger partial charge in [-0.05, 0) is 7.05 Å². The lowest BCUT2D eigenvalue weighted by Gasteiger charge is -2.22. The Kier molecular flexibility index (Phi) is 1.04. The molecule has 62 valence electrons. The average molecular weight is 154 g/mol. The van der Waals surface area contributed by atoms with E-state index in [1.165, 1.54) is 6.54 Å². The van der Waals surface area contributed by atoms with Gasteiger partial charge in [-0.15, -0.1) is 0 Å². The zero-order valence-corrected chi connectivity index (χ0v) is 6.84. The van der Waals surface area contributed by atoms with E-state index in [4.69, 9.17) is 4.74 Å². The van der Waals surface area contributed by atoms with Gasteiger partial charge in [0, 0.05) is 19.0 Å². The van der Waals surface area contributed by atoms with Gasteiger partial charge in [-0.2, -0.15) is 0 Å². The Balaban J connectivity index is 1.94. The third-order valence-corrected chi connectivity index (χ3v) is 3.73. The molecule has 0 aromatic rings. The number of hydrogen-bond donors (Lipinski definition) is 1. The molecule has 3 rings (SSSR count). The van der Waals surface area contributed by atoms with E-state index in [9.17, 15) is 0 Å². The summed E-state index contributed by atoms with van der Waals surface area (Å²) in [6.07, 6.45) is 0. The van der Waals surface area contributed by atoms with Crippen molar-refractivity contribution in [2.45, 2.75) is 11.6 Å². The first-order valence-electron chi connectivity index (χ1n) is 4.37. The Labute approximate surface area is 66.7 Å². The van der Waals surface area contributed by atoms with Crippen molar-refractivity contribution in [3.63, 3.8) is 0 Å². The van der Waals surface area contributed by atoms with Crippen LogP contribution in [0.2, 0.25) is 0 Å². The first kappa shape index (κ1) is 6.40. The number of likely N-dealkylation sites (N-methyl/N-ethyl adjacent to an activating group) is 1. The van der Waals surface area contributed by atoms with Crippen molar-refractivity contribution in [1.82, 2.24) is 10.2 Å². The summed E-state index contributed by atoms with van der Waals surface area (Å²) in [5.41, 5.74) is 0.512. The number of hydrogen-bond acceptors (Lipinski definition) is 3. The van der Waals surface area contributed by atoms with Crippen LogP contribution in [0.1, 0.15) is 0 Å². The molecule has 3 nitrogen and oxygen atoms in total. The SMILES string of the molecule is CN1C2COCC3CNCC321. The quantitative estimate of drug-likeness (QED) is 0.466. The molecular weight excluding hydrogens is 140 g/mol. The molecule has 3 heterocycles. The van der Waals surface area contributed by atoms with E-state index < -0.39 is 0 Å². The standard InChI is InChI=1S/C8H14N2O/c1-10-7-4-11-3-6-2-9-5-8(6,7)10/h6-7,9H,2-5H2,1H3. The maximum atomic E-state index is 5.52. The van der Waals surface area contributed by atoms with Crippen molar-refractivity contribution in [2.75, 3.05) is 33.4 Å². The highest BCUT2D eigenvalue weighted by molar-refractivity contribution is 5.24. The lowest BCUT2D eigenvalue weighted by Crippen LogP contribution is -2.36. The summed E-state index contributed by atoms with van der Waals surface area (Å²) in [5, 5.41) is 3.46. The van der Waals surface area contributed by atoms with Crippen LogP contribution in [0.5, 0.6) is 0 Å². The van der Waals surface area contributed by atoms with Gasteiger partial charge in [0.15, 0.2) is 0 Å². The van der Waals surface area contributed by atoms with Crippen molar-refractivity contribution < 1.29 is 4.74 Å². The van der Waals surface area contributed by atoms with Gasteiger partial charge < -0.3 is 10.1 Å². The minimum Gasteiger partial charge on any atom is -0.379 e. The molecule has 0 aromatic carbocycles. The lowest BCUT2D eigenvalue weighted by atomic mass is 9.91. The average Bonchev–Trinajstić information content (AvgIpc) is 2.48. The fourth-order valence-corrected chi connectivity index (χ4v) is 2.92. The summed E-state index contributed by atoms with van der Waals surface area (Å²) in [4.78, 5) is 2.48. The molecular formula is C8H14N2O. The van der Waals surface area contributed by atoms with E-state index in [1.807, 2.05) is 0 Å². The molecule has 11 heavy (non-hydrogen) atoms. The van der Waals surface area contributed by atoms with Crippen LogP contribution in [0, 0.1) is 5.92 Å². The second kappa shape index (κ2) is 1.79. The highest BCUT2D eigenvalue weighted by Gasteiger charge is 2.67. The van der Waals surface area contributed by atoms with Crippen molar-refractivity contribution in [3.05, 3.63) is 0 Å². The van der Waals surface area contributed by atoms with Gasteiger partial charge in [-0.25, -0.2) is 0 Å². The predicted molar refractivity (Wildman–Crippen MR) is 41.5 cm³/mol. The monoisotopic (exact) mass is 154 g/mol. The van der Waals surface area contributed by atoms with Crippen molar-refractivity contribution in [1.29, 1.82) is 0 Å². The third kappa shape index (κ3) is 0.567. The summed E-state index contributed by atoms with van der Waals surface area (Å²) < 4.78 is 5.52. The molecule has 0 bridgehead atoms. The van der Waals surface area contributed by atoms with Crippen LogP contribution in [-0.4, -0.2) is 49.8 Å². The first-order chi connectivity index (χ1) is 5.36. The number of nitrogens with one attached hydrogen (secondary N) is 1. The van der Waals surface area contributed by atoms with Crippen LogP contribution in [0.25, 0.3) is 0 Å². The maximum absolute atomic E-state index is 5.52. The van der Waals surface area contributed by atoms with E-state index in [-0.39, 0.29) is 0 Å². The van der Waals surface area contributed by atoms with Crippen molar-refractivity contribution in [2.24, 2.45) is 5.92 Å². The minimum atomic E-state index is 0.512. The van der Waals surface area contributed by atoms with Gasteiger partial charge in [0.1, 0.15) is 0 Å². The largest absolute Gasteiger partial charge is 0.379 e. The minimum absolute atomic E-state index is 0.512. The normalized spacial score (nSPS) is 60.3. The molecule has 3 fully saturated rings. The molecule has 3 aliphatic heterocycles. The number of ether oxygens (including phenoxy) is 1. The Hall–Kier alpha value is -0.120. The maximum Gasteiger partial charge on any atom is 0.0640 e. The molecule has 1 spiro atoms. The van der Waals surface area contributed by atoms with Crippen LogP contribution >= 0.6 is 0 Å². The summed E-state index contributed by atoms with van der Waals surface area (Å²) in [6.45, 7) is 4.26. The predicted octanol–water partition coefficient (Wildman–Crippen LogP) is -0.711. The Morgan fingerprint density at radius 3 is 3.27 bits per heavy atom. The Bertz CT molecular complexity index is 197. The summed E-state index contributed by atoms with van der Waals surface area (Å²) >= 11 is 0. The first-order valence-corrected chi connectivity index (χ1v) is 4.37. The van der Waals surface area contributed by atoms with E-state index in [1.54, 1.807) is 0 Å². The highest BCUT2D eigenvalue weighted by atomic mass is 16.5. The fourth-order valence-electron chi connectivity index (χ4n) is 2.92. The second-order valence-corrected chi connectivity index (χ2v) is 3.98. The third-order valence-electron chi connectivity index (χ3n) is 3.73. The molecule has 0 aliphatic carbocycles. The Morgan fingerprint density at radius 2 is 2.45 bits per heavy atom. The molecule has 3 aliphatic rings. The van der Waals surface area contributed by atoms with E-state index >= 15 is 0 Å². The summed E-state index contributed by atoms with van der Waals surface area (Å²) in [7, 11) is 2.22. The van der Waals surface area contributed by atoms with Gasteiger partial charge in [0.25, 0.3) is 0 Å². The van der Waals surface area contributed by atoms with Crippen LogP contribution in [0.4, 0.5) is 0 Å². The molecule has 4 unspecified atom stereocenters. The van der Waals surface area contributed by atoms with E-state index in [2.05, 4.69) is 17.3 Å². The molecule has 3 heteroatoms. The van der Waals surface area contributed by atoms with Gasteiger partial charge in [-0.1, -0.05) is 0 Å². The molecule has 0 aromatic heterocycles. The van der Waals surface area contributed by atoms with Crippen molar-refractivity contribution in [3.8, 4) is 0 Å². The summed E-state index contributed by atoms with van der Waals surface area (Å²) in [5.74, 6) is 0.756. The van der Waals surface area contributed by atoms with Crippen molar-refractivity contribution >= 4 is 0 Å². The number of nitrogens with zero attached hydrogens (tertiary/aromatic N) is 1. The van der Waals surface area contributed by atoms with E-state index in [0.717, 1.165) is 31.7 Å². The van der Waals surface area contributed by atoms with Gasteiger partial charge in [0.05, 0.1) is 24.8 Å². The number of rotatable bonds is 0. The van der Waals surface area contributed by atoms with Gasteiger partial charge in [-0.3, -0.25) is 4.90 Å². The molecule has 4 atom stereocenters. The van der Waals surface area contributed by atoms with Crippen LogP contribution in [0.3, 0.4) is 0 Å². The van der Waals surface area contributed by atoms with Crippen LogP contribution in [-0.2, 0) is 4.74 Å². The van der Waals surface area contributed by atoms with E-state index in [0.29, 0.717) is 5.54 Å². The lowest BCUT2D eigenvalue weighted by molar-refractivity contribution is 0.0688. The smallest absolute Gasteiger partial charge is 0.0640 e. The zero-order valence-electron chi connectivity index (χ0n) is 6.84. The van der Waals surface area contributed by atoms with Crippen LogP contribution < -0.4 is 5.32 Å². The topological polar surface area (TPSA) is 24.3 Å².